The van der Waals surface area contributed by atoms with E-state index in [0.29, 0.717) is 23.9 Å². The molecule has 0 radical (unpaired) electrons. The van der Waals surface area contributed by atoms with Gasteiger partial charge >= 0.3 is 0 Å². The van der Waals surface area contributed by atoms with Crippen LogP contribution in [0.25, 0.3) is 0 Å². The molecular formula is C18H22FN5O2. The van der Waals surface area contributed by atoms with Crippen LogP contribution in [0.5, 0.6) is 5.75 Å². The average molecular weight is 359 g/mol. The standard InChI is InChI=1S/C18H22FN5O2/c1-13(26-16-7-3-5-14(19)9-16)10-22-18(20-2)23-12-17(25)24-15-6-4-8-21-11-15/h3-9,11,13H,10,12H2,1-2H3,(H,24,25)(H2,20,22,23). The topological polar surface area (TPSA) is 87.6 Å². The summed E-state index contributed by atoms with van der Waals surface area (Å²) in [6.07, 6.45) is 2.97. The first kappa shape index (κ1) is 19.2. The third-order valence-corrected chi connectivity index (χ3v) is 3.28. The highest BCUT2D eigenvalue weighted by atomic mass is 19.1. The molecule has 1 aromatic carbocycles. The number of aromatic nitrogens is 1. The molecule has 138 valence electrons. The van der Waals surface area contributed by atoms with Crippen LogP contribution in [0.15, 0.2) is 53.8 Å². The highest BCUT2D eigenvalue weighted by molar-refractivity contribution is 5.94. The zero-order valence-electron chi connectivity index (χ0n) is 14.7. The second kappa shape index (κ2) is 9.97. The fourth-order valence-electron chi connectivity index (χ4n) is 2.08. The Morgan fingerprint density at radius 3 is 2.85 bits per heavy atom. The van der Waals surface area contributed by atoms with Gasteiger partial charge in [-0.15, -0.1) is 0 Å². The van der Waals surface area contributed by atoms with E-state index in [1.807, 2.05) is 6.92 Å². The van der Waals surface area contributed by atoms with Gasteiger partial charge in [0.25, 0.3) is 0 Å². The van der Waals surface area contributed by atoms with Gasteiger partial charge < -0.3 is 20.7 Å². The van der Waals surface area contributed by atoms with E-state index in [1.165, 1.54) is 12.1 Å². The summed E-state index contributed by atoms with van der Waals surface area (Å²) in [5, 5.41) is 8.68. The molecule has 3 N–H and O–H groups in total. The third-order valence-electron chi connectivity index (χ3n) is 3.28. The van der Waals surface area contributed by atoms with Crippen LogP contribution >= 0.6 is 0 Å². The number of nitrogens with one attached hydrogen (secondary N) is 3. The number of pyridine rings is 1. The molecule has 1 aromatic heterocycles. The molecule has 0 aliphatic rings. The lowest BCUT2D eigenvalue weighted by Crippen LogP contribution is -2.44. The molecule has 0 aliphatic heterocycles. The van der Waals surface area contributed by atoms with Gasteiger partial charge in [0.2, 0.25) is 5.91 Å². The second-order valence-corrected chi connectivity index (χ2v) is 5.48. The quantitative estimate of drug-likeness (QED) is 0.518. The molecule has 2 aromatic rings. The number of nitrogens with zero attached hydrogens (tertiary/aromatic N) is 2. The maximum Gasteiger partial charge on any atom is 0.243 e. The molecule has 0 saturated carbocycles. The number of amides is 1. The van der Waals surface area contributed by atoms with E-state index < -0.39 is 0 Å². The molecule has 26 heavy (non-hydrogen) atoms. The van der Waals surface area contributed by atoms with Crippen molar-refractivity contribution in [1.29, 1.82) is 0 Å². The number of guanidine groups is 1. The van der Waals surface area contributed by atoms with Crippen LogP contribution in [0, 0.1) is 5.82 Å². The SMILES string of the molecule is CN=C(NCC(=O)Nc1cccnc1)NCC(C)Oc1cccc(F)c1. The Labute approximate surface area is 151 Å². The van der Waals surface area contributed by atoms with E-state index in [9.17, 15) is 9.18 Å². The van der Waals surface area contributed by atoms with Crippen LogP contribution in [0.2, 0.25) is 0 Å². The molecule has 0 spiro atoms. The van der Waals surface area contributed by atoms with Crippen molar-refractivity contribution in [3.8, 4) is 5.75 Å². The zero-order valence-corrected chi connectivity index (χ0v) is 14.7. The fourth-order valence-corrected chi connectivity index (χ4v) is 2.08. The summed E-state index contributed by atoms with van der Waals surface area (Å²) < 4.78 is 18.8. The lowest BCUT2D eigenvalue weighted by atomic mass is 10.3. The molecule has 0 aliphatic carbocycles. The molecule has 1 amide bonds. The predicted molar refractivity (Wildman–Crippen MR) is 98.7 cm³/mol. The van der Waals surface area contributed by atoms with Gasteiger partial charge in [-0.3, -0.25) is 14.8 Å². The van der Waals surface area contributed by atoms with E-state index in [-0.39, 0.29) is 24.4 Å². The Kier molecular flexibility index (Phi) is 7.35. The van der Waals surface area contributed by atoms with Gasteiger partial charge in [-0.25, -0.2) is 4.39 Å². The zero-order chi connectivity index (χ0) is 18.8. The number of ether oxygens (including phenoxy) is 1. The molecule has 1 unspecified atom stereocenters. The molecule has 0 bridgehead atoms. The first-order valence-corrected chi connectivity index (χ1v) is 8.13. The van der Waals surface area contributed by atoms with Crippen molar-refractivity contribution in [1.82, 2.24) is 15.6 Å². The van der Waals surface area contributed by atoms with E-state index in [1.54, 1.807) is 43.7 Å². The van der Waals surface area contributed by atoms with Crippen LogP contribution in [0.4, 0.5) is 10.1 Å². The van der Waals surface area contributed by atoms with Crippen LogP contribution in [-0.2, 0) is 4.79 Å². The van der Waals surface area contributed by atoms with Crippen molar-refractivity contribution in [2.75, 3.05) is 25.5 Å². The van der Waals surface area contributed by atoms with Gasteiger partial charge in [0, 0.05) is 19.3 Å². The van der Waals surface area contributed by atoms with Crippen molar-refractivity contribution in [3.63, 3.8) is 0 Å². The lowest BCUT2D eigenvalue weighted by molar-refractivity contribution is -0.115. The minimum atomic E-state index is -0.347. The van der Waals surface area contributed by atoms with Crippen molar-refractivity contribution in [3.05, 3.63) is 54.6 Å². The molecule has 2 rings (SSSR count). The Morgan fingerprint density at radius 2 is 2.15 bits per heavy atom. The molecule has 0 saturated heterocycles. The molecule has 8 heteroatoms. The first-order valence-electron chi connectivity index (χ1n) is 8.13. The molecule has 1 heterocycles. The molecule has 1 atom stereocenters. The summed E-state index contributed by atoms with van der Waals surface area (Å²) in [5.74, 6) is 0.351. The van der Waals surface area contributed by atoms with Crippen molar-refractivity contribution >= 4 is 17.6 Å². The number of carbonyl (C=O) groups excluding carboxylic acids is 1. The third kappa shape index (κ3) is 6.76. The normalized spacial score (nSPS) is 12.2. The summed E-state index contributed by atoms with van der Waals surface area (Å²) in [7, 11) is 1.60. The maximum atomic E-state index is 13.2. The highest BCUT2D eigenvalue weighted by Crippen LogP contribution is 2.13. The maximum absolute atomic E-state index is 13.2. The molecule has 0 fully saturated rings. The van der Waals surface area contributed by atoms with Gasteiger partial charge in [0.1, 0.15) is 17.7 Å². The first-order chi connectivity index (χ1) is 12.6. The largest absolute Gasteiger partial charge is 0.489 e. The van der Waals surface area contributed by atoms with Crippen LogP contribution in [0.1, 0.15) is 6.92 Å². The monoisotopic (exact) mass is 359 g/mol. The number of aliphatic imine (C=N–C) groups is 1. The Balaban J connectivity index is 1.72. The van der Waals surface area contributed by atoms with Crippen LogP contribution in [0.3, 0.4) is 0 Å². The van der Waals surface area contributed by atoms with E-state index in [0.717, 1.165) is 0 Å². The number of anilines is 1. The van der Waals surface area contributed by atoms with Crippen LogP contribution < -0.4 is 20.7 Å². The van der Waals surface area contributed by atoms with Crippen LogP contribution in [-0.4, -0.2) is 43.1 Å². The van der Waals surface area contributed by atoms with Crippen molar-refractivity contribution in [2.45, 2.75) is 13.0 Å². The van der Waals surface area contributed by atoms with Gasteiger partial charge in [-0.05, 0) is 31.2 Å². The van der Waals surface area contributed by atoms with E-state index in [4.69, 9.17) is 4.74 Å². The Morgan fingerprint density at radius 1 is 1.31 bits per heavy atom. The minimum Gasteiger partial charge on any atom is -0.489 e. The molecular weight excluding hydrogens is 337 g/mol. The van der Waals surface area contributed by atoms with Gasteiger partial charge in [-0.2, -0.15) is 0 Å². The predicted octanol–water partition coefficient (Wildman–Crippen LogP) is 1.79. The number of hydrogen-bond acceptors (Lipinski definition) is 4. The number of benzene rings is 1. The van der Waals surface area contributed by atoms with Crippen molar-refractivity contribution < 1.29 is 13.9 Å². The van der Waals surface area contributed by atoms with Crippen molar-refractivity contribution in [2.24, 2.45) is 4.99 Å². The lowest BCUT2D eigenvalue weighted by Gasteiger charge is -2.17. The fraction of sp³-hybridized carbons (Fsp3) is 0.278. The summed E-state index contributed by atoms with van der Waals surface area (Å²) >= 11 is 0. The number of carbonyl (C=O) groups is 1. The number of rotatable bonds is 7. The average Bonchev–Trinajstić information content (AvgIpc) is 2.62. The van der Waals surface area contributed by atoms with Gasteiger partial charge in [0.05, 0.1) is 25.0 Å². The highest BCUT2D eigenvalue weighted by Gasteiger charge is 2.08. The summed E-state index contributed by atoms with van der Waals surface area (Å²) in [6, 6.07) is 9.46. The summed E-state index contributed by atoms with van der Waals surface area (Å²) in [5.41, 5.74) is 0.624. The summed E-state index contributed by atoms with van der Waals surface area (Å²) in [4.78, 5) is 19.9. The smallest absolute Gasteiger partial charge is 0.243 e. The Hall–Kier alpha value is -3.16. The van der Waals surface area contributed by atoms with Gasteiger partial charge in [-0.1, -0.05) is 6.07 Å². The Bertz CT molecular complexity index is 739. The van der Waals surface area contributed by atoms with Gasteiger partial charge in [0.15, 0.2) is 5.96 Å². The number of halogens is 1. The summed E-state index contributed by atoms with van der Waals surface area (Å²) in [6.45, 7) is 2.33. The number of hydrogen-bond donors (Lipinski definition) is 3. The van der Waals surface area contributed by atoms with E-state index >= 15 is 0 Å². The molecule has 7 nitrogen and oxygen atoms in total. The van der Waals surface area contributed by atoms with E-state index in [2.05, 4.69) is 25.9 Å². The second-order valence-electron chi connectivity index (χ2n) is 5.48. The minimum absolute atomic E-state index is 0.0493.